The van der Waals surface area contributed by atoms with Gasteiger partial charge in [-0.2, -0.15) is 0 Å². The van der Waals surface area contributed by atoms with Gasteiger partial charge in [-0.25, -0.2) is 0 Å². The molecule has 0 heterocycles. The van der Waals surface area contributed by atoms with Crippen LogP contribution in [0.1, 0.15) is 32.3 Å². The van der Waals surface area contributed by atoms with Crippen LogP contribution in [0.5, 0.6) is 11.5 Å². The second-order valence-electron chi connectivity index (χ2n) is 4.68. The average molecular weight is 360 g/mol. The van der Waals surface area contributed by atoms with E-state index in [0.717, 1.165) is 55.1 Å². The van der Waals surface area contributed by atoms with Gasteiger partial charge in [-0.05, 0) is 59.9 Å². The second kappa shape index (κ2) is 10.9. The van der Waals surface area contributed by atoms with Gasteiger partial charge in [-0.1, -0.05) is 6.92 Å². The topological polar surface area (TPSA) is 39.7 Å². The molecule has 0 bridgehead atoms. The Morgan fingerprint density at radius 1 is 1.19 bits per heavy atom. The number of benzene rings is 1. The molecule has 1 N–H and O–H groups in total. The maximum atomic E-state index is 5.72. The van der Waals surface area contributed by atoms with E-state index in [1.165, 1.54) is 5.56 Å². The molecule has 0 aliphatic heterocycles. The molecule has 5 heteroatoms. The number of hydrogen-bond donors (Lipinski definition) is 1. The van der Waals surface area contributed by atoms with Gasteiger partial charge in [0.05, 0.1) is 18.2 Å². The smallest absolute Gasteiger partial charge is 0.175 e. The Labute approximate surface area is 136 Å². The Balaban J connectivity index is 2.53. The van der Waals surface area contributed by atoms with Crippen molar-refractivity contribution in [3.63, 3.8) is 0 Å². The summed E-state index contributed by atoms with van der Waals surface area (Å²) in [4.78, 5) is 0. The minimum Gasteiger partial charge on any atom is -0.493 e. The molecule has 0 aliphatic rings. The Morgan fingerprint density at radius 3 is 2.67 bits per heavy atom. The molecular weight excluding hydrogens is 334 g/mol. The van der Waals surface area contributed by atoms with E-state index >= 15 is 0 Å². The maximum Gasteiger partial charge on any atom is 0.175 e. The first-order valence-corrected chi connectivity index (χ1v) is 8.29. The van der Waals surface area contributed by atoms with Crippen LogP contribution in [0.25, 0.3) is 0 Å². The number of nitrogens with one attached hydrogen (secondary N) is 1. The summed E-state index contributed by atoms with van der Waals surface area (Å²) in [7, 11) is 1.67. The van der Waals surface area contributed by atoms with E-state index in [9.17, 15) is 0 Å². The van der Waals surface area contributed by atoms with E-state index in [2.05, 4.69) is 34.2 Å². The fourth-order valence-corrected chi connectivity index (χ4v) is 2.50. The molecule has 21 heavy (non-hydrogen) atoms. The van der Waals surface area contributed by atoms with Crippen molar-refractivity contribution in [3.05, 3.63) is 22.2 Å². The molecule has 120 valence electrons. The fourth-order valence-electron chi connectivity index (χ4n) is 1.90. The largest absolute Gasteiger partial charge is 0.493 e. The predicted molar refractivity (Wildman–Crippen MR) is 89.3 cm³/mol. The average Bonchev–Trinajstić information content (AvgIpc) is 2.49. The summed E-state index contributed by atoms with van der Waals surface area (Å²) in [6, 6.07) is 4.09. The summed E-state index contributed by atoms with van der Waals surface area (Å²) >= 11 is 3.56. The zero-order chi connectivity index (χ0) is 15.5. The van der Waals surface area contributed by atoms with E-state index in [1.807, 2.05) is 13.0 Å². The number of halogens is 1. The zero-order valence-corrected chi connectivity index (χ0v) is 14.8. The van der Waals surface area contributed by atoms with Gasteiger partial charge in [0, 0.05) is 19.8 Å². The lowest BCUT2D eigenvalue weighted by molar-refractivity contribution is 0.144. The molecule has 1 aromatic rings. The predicted octanol–water partition coefficient (Wildman–Crippen LogP) is 3.76. The van der Waals surface area contributed by atoms with Crippen molar-refractivity contribution in [2.45, 2.75) is 33.2 Å². The summed E-state index contributed by atoms with van der Waals surface area (Å²) in [6.07, 6.45) is 1.99. The maximum absolute atomic E-state index is 5.72. The quantitative estimate of drug-likeness (QED) is 0.610. The van der Waals surface area contributed by atoms with Crippen LogP contribution in [0.2, 0.25) is 0 Å². The van der Waals surface area contributed by atoms with Crippen LogP contribution in [-0.2, 0) is 11.3 Å². The van der Waals surface area contributed by atoms with E-state index in [0.29, 0.717) is 6.61 Å². The molecule has 0 saturated heterocycles. The molecule has 0 atom stereocenters. The Kier molecular flexibility index (Phi) is 9.46. The van der Waals surface area contributed by atoms with Crippen LogP contribution < -0.4 is 14.8 Å². The highest BCUT2D eigenvalue weighted by Crippen LogP contribution is 2.36. The van der Waals surface area contributed by atoms with Crippen molar-refractivity contribution in [2.24, 2.45) is 0 Å². The Morgan fingerprint density at radius 2 is 2.00 bits per heavy atom. The van der Waals surface area contributed by atoms with Crippen LogP contribution >= 0.6 is 15.9 Å². The van der Waals surface area contributed by atoms with Gasteiger partial charge >= 0.3 is 0 Å². The Hall–Kier alpha value is -0.780. The SMILES string of the molecule is CCCOc1c(Br)cc(CNCCCOCC)cc1OC. The van der Waals surface area contributed by atoms with Crippen molar-refractivity contribution in [2.75, 3.05) is 33.5 Å². The standard InChI is InChI=1S/C16H26BrNO3/c1-4-8-21-16-14(17)10-13(11-15(16)19-3)12-18-7-6-9-20-5-2/h10-11,18H,4-9,12H2,1-3H3. The highest BCUT2D eigenvalue weighted by Gasteiger charge is 2.11. The highest BCUT2D eigenvalue weighted by atomic mass is 79.9. The molecule has 0 saturated carbocycles. The van der Waals surface area contributed by atoms with Crippen LogP contribution in [0.3, 0.4) is 0 Å². The number of hydrogen-bond acceptors (Lipinski definition) is 4. The molecule has 0 aromatic heterocycles. The van der Waals surface area contributed by atoms with Crippen molar-refractivity contribution in [1.29, 1.82) is 0 Å². The molecule has 0 fully saturated rings. The van der Waals surface area contributed by atoms with E-state index < -0.39 is 0 Å². The van der Waals surface area contributed by atoms with Gasteiger partial charge in [-0.15, -0.1) is 0 Å². The van der Waals surface area contributed by atoms with Crippen molar-refractivity contribution in [1.82, 2.24) is 5.32 Å². The molecule has 0 unspecified atom stereocenters. The molecular formula is C16H26BrNO3. The van der Waals surface area contributed by atoms with Gasteiger partial charge < -0.3 is 19.5 Å². The minimum absolute atomic E-state index is 0.685. The summed E-state index contributed by atoms with van der Waals surface area (Å²) in [5.74, 6) is 1.54. The first-order chi connectivity index (χ1) is 10.2. The molecule has 0 spiro atoms. The molecule has 0 aliphatic carbocycles. The summed E-state index contributed by atoms with van der Waals surface area (Å²) in [5.41, 5.74) is 1.17. The summed E-state index contributed by atoms with van der Waals surface area (Å²) < 4.78 is 17.4. The second-order valence-corrected chi connectivity index (χ2v) is 5.54. The Bertz CT molecular complexity index is 413. The zero-order valence-electron chi connectivity index (χ0n) is 13.2. The molecule has 0 radical (unpaired) electrons. The third-order valence-electron chi connectivity index (χ3n) is 2.92. The van der Waals surface area contributed by atoms with Crippen LogP contribution in [-0.4, -0.2) is 33.5 Å². The van der Waals surface area contributed by atoms with Crippen LogP contribution in [0.4, 0.5) is 0 Å². The van der Waals surface area contributed by atoms with Crippen molar-refractivity contribution in [3.8, 4) is 11.5 Å². The number of methoxy groups -OCH3 is 1. The van der Waals surface area contributed by atoms with E-state index in [1.54, 1.807) is 7.11 Å². The van der Waals surface area contributed by atoms with Crippen LogP contribution in [0.15, 0.2) is 16.6 Å². The van der Waals surface area contributed by atoms with Crippen molar-refractivity contribution >= 4 is 15.9 Å². The molecule has 0 amide bonds. The lowest BCUT2D eigenvalue weighted by atomic mass is 10.2. The summed E-state index contributed by atoms with van der Waals surface area (Å²) in [6.45, 7) is 8.11. The van der Waals surface area contributed by atoms with Gasteiger partial charge in [0.1, 0.15) is 0 Å². The lowest BCUT2D eigenvalue weighted by Crippen LogP contribution is -2.16. The molecule has 4 nitrogen and oxygen atoms in total. The molecule has 1 rings (SSSR count). The lowest BCUT2D eigenvalue weighted by Gasteiger charge is -2.14. The first kappa shape index (κ1) is 18.3. The number of ether oxygens (including phenoxy) is 3. The fraction of sp³-hybridized carbons (Fsp3) is 0.625. The van der Waals surface area contributed by atoms with E-state index in [-0.39, 0.29) is 0 Å². The summed E-state index contributed by atoms with van der Waals surface area (Å²) in [5, 5.41) is 3.40. The monoisotopic (exact) mass is 359 g/mol. The van der Waals surface area contributed by atoms with Gasteiger partial charge in [0.25, 0.3) is 0 Å². The first-order valence-electron chi connectivity index (χ1n) is 7.50. The van der Waals surface area contributed by atoms with Gasteiger partial charge in [0.2, 0.25) is 0 Å². The van der Waals surface area contributed by atoms with Gasteiger partial charge in [-0.3, -0.25) is 0 Å². The van der Waals surface area contributed by atoms with E-state index in [4.69, 9.17) is 14.2 Å². The third-order valence-corrected chi connectivity index (χ3v) is 3.50. The van der Waals surface area contributed by atoms with Crippen molar-refractivity contribution < 1.29 is 14.2 Å². The normalized spacial score (nSPS) is 10.7. The minimum atomic E-state index is 0.685. The van der Waals surface area contributed by atoms with Crippen LogP contribution in [0, 0.1) is 0 Å². The molecule has 1 aromatic carbocycles. The highest BCUT2D eigenvalue weighted by molar-refractivity contribution is 9.10. The van der Waals surface area contributed by atoms with Gasteiger partial charge in [0.15, 0.2) is 11.5 Å². The number of rotatable bonds is 11. The third kappa shape index (κ3) is 6.68.